The van der Waals surface area contributed by atoms with Crippen LogP contribution in [0, 0.1) is 11.3 Å². The van der Waals surface area contributed by atoms with Gasteiger partial charge < -0.3 is 14.5 Å². The van der Waals surface area contributed by atoms with Crippen molar-refractivity contribution in [1.29, 1.82) is 0 Å². The molecule has 1 unspecified atom stereocenters. The Morgan fingerprint density at radius 1 is 1.24 bits per heavy atom. The van der Waals surface area contributed by atoms with Gasteiger partial charge in [-0.1, -0.05) is 20.8 Å². The van der Waals surface area contributed by atoms with Crippen molar-refractivity contribution in [1.82, 2.24) is 9.80 Å². The van der Waals surface area contributed by atoms with Crippen LogP contribution >= 0.6 is 0 Å². The highest BCUT2D eigenvalue weighted by atomic mass is 16.5. The van der Waals surface area contributed by atoms with E-state index in [1.165, 1.54) is 0 Å². The van der Waals surface area contributed by atoms with Crippen LogP contribution in [0.2, 0.25) is 0 Å². The number of carbonyl (C=O) groups is 2. The first-order valence-corrected chi connectivity index (χ1v) is 7.80. The van der Waals surface area contributed by atoms with Crippen molar-refractivity contribution in [3.8, 4) is 0 Å². The van der Waals surface area contributed by atoms with Gasteiger partial charge in [0.2, 0.25) is 5.91 Å². The molecule has 0 N–H and O–H groups in total. The number of ether oxygens (including phenoxy) is 1. The van der Waals surface area contributed by atoms with Crippen LogP contribution in [0.5, 0.6) is 0 Å². The zero-order valence-electron chi connectivity index (χ0n) is 14.3. The monoisotopic (exact) mass is 298 g/mol. The highest BCUT2D eigenvalue weighted by molar-refractivity contribution is 5.98. The minimum Gasteiger partial charge on any atom is -0.465 e. The van der Waals surface area contributed by atoms with Gasteiger partial charge in [-0.2, -0.15) is 0 Å². The van der Waals surface area contributed by atoms with Gasteiger partial charge in [0.1, 0.15) is 5.92 Å². The smallest absolute Gasteiger partial charge is 0.319 e. The van der Waals surface area contributed by atoms with Crippen LogP contribution < -0.4 is 0 Å². The summed E-state index contributed by atoms with van der Waals surface area (Å²) in [5.41, 5.74) is -0.429. The van der Waals surface area contributed by atoms with Crippen LogP contribution in [0.1, 0.15) is 40.5 Å². The third-order valence-electron chi connectivity index (χ3n) is 4.14. The number of esters is 1. The standard InChI is InChI=1S/C16H30N2O3/c1-7-21-15(20)13(16(2,3)4)14(19)18-10-8-12(9-11-18)17(5)6/h12-13H,7-11H2,1-6H3. The maximum absolute atomic E-state index is 12.7. The molecule has 0 aromatic heterocycles. The van der Waals surface area contributed by atoms with Crippen molar-refractivity contribution < 1.29 is 14.3 Å². The third-order valence-corrected chi connectivity index (χ3v) is 4.14. The lowest BCUT2D eigenvalue weighted by atomic mass is 9.79. The molecule has 1 atom stereocenters. The molecule has 1 fully saturated rings. The lowest BCUT2D eigenvalue weighted by molar-refractivity contribution is -0.161. The maximum Gasteiger partial charge on any atom is 0.319 e. The molecule has 0 spiro atoms. The minimum atomic E-state index is -0.714. The van der Waals surface area contributed by atoms with Crippen molar-refractivity contribution >= 4 is 11.9 Å². The SMILES string of the molecule is CCOC(=O)C(C(=O)N1CCC(N(C)C)CC1)C(C)(C)C. The van der Waals surface area contributed by atoms with Crippen molar-refractivity contribution in [2.75, 3.05) is 33.8 Å². The molecule has 122 valence electrons. The predicted octanol–water partition coefficient (Wildman–Crippen LogP) is 1.76. The quantitative estimate of drug-likeness (QED) is 0.586. The Labute approximate surface area is 128 Å². The third kappa shape index (κ3) is 4.70. The highest BCUT2D eigenvalue weighted by Gasteiger charge is 2.41. The molecule has 0 bridgehead atoms. The van der Waals surface area contributed by atoms with E-state index in [2.05, 4.69) is 19.0 Å². The predicted molar refractivity (Wildman–Crippen MR) is 82.9 cm³/mol. The van der Waals surface area contributed by atoms with Crippen molar-refractivity contribution in [2.24, 2.45) is 11.3 Å². The largest absolute Gasteiger partial charge is 0.465 e. The first-order chi connectivity index (χ1) is 9.68. The number of hydrogen-bond acceptors (Lipinski definition) is 4. The molecule has 5 heteroatoms. The summed E-state index contributed by atoms with van der Waals surface area (Å²) in [6.45, 7) is 9.25. The Hall–Kier alpha value is -1.10. The molecule has 1 amide bonds. The molecule has 0 aliphatic carbocycles. The Morgan fingerprint density at radius 2 is 1.76 bits per heavy atom. The van der Waals surface area contributed by atoms with Gasteiger partial charge in [-0.3, -0.25) is 9.59 Å². The number of rotatable bonds is 4. The van der Waals surface area contributed by atoms with E-state index in [1.807, 2.05) is 25.7 Å². The first-order valence-electron chi connectivity index (χ1n) is 7.80. The molecule has 1 heterocycles. The van der Waals surface area contributed by atoms with Crippen LogP contribution in [0.15, 0.2) is 0 Å². The van der Waals surface area contributed by atoms with E-state index in [1.54, 1.807) is 6.92 Å². The molecule has 0 aromatic rings. The fourth-order valence-corrected chi connectivity index (χ4v) is 2.84. The van der Waals surface area contributed by atoms with E-state index in [-0.39, 0.29) is 5.91 Å². The van der Waals surface area contributed by atoms with Crippen molar-refractivity contribution in [2.45, 2.75) is 46.6 Å². The molecule has 1 aliphatic heterocycles. The maximum atomic E-state index is 12.7. The van der Waals surface area contributed by atoms with Crippen LogP contribution in [0.4, 0.5) is 0 Å². The molecule has 0 radical (unpaired) electrons. The van der Waals surface area contributed by atoms with E-state index in [9.17, 15) is 9.59 Å². The van der Waals surface area contributed by atoms with Crippen LogP contribution in [0.3, 0.4) is 0 Å². The molecule has 1 saturated heterocycles. The van der Waals surface area contributed by atoms with E-state index in [4.69, 9.17) is 4.74 Å². The zero-order valence-corrected chi connectivity index (χ0v) is 14.3. The molecule has 21 heavy (non-hydrogen) atoms. The van der Waals surface area contributed by atoms with Gasteiger partial charge in [-0.25, -0.2) is 0 Å². The molecular weight excluding hydrogens is 268 g/mol. The summed E-state index contributed by atoms with van der Waals surface area (Å²) in [4.78, 5) is 28.9. The van der Waals surface area contributed by atoms with E-state index in [0.29, 0.717) is 25.7 Å². The molecule has 5 nitrogen and oxygen atoms in total. The molecule has 1 aliphatic rings. The van der Waals surface area contributed by atoms with Crippen LogP contribution in [0.25, 0.3) is 0 Å². The Balaban J connectivity index is 2.76. The molecular formula is C16H30N2O3. The fourth-order valence-electron chi connectivity index (χ4n) is 2.84. The summed E-state index contributed by atoms with van der Waals surface area (Å²) in [5.74, 6) is -1.20. The van der Waals surface area contributed by atoms with E-state index < -0.39 is 17.3 Å². The van der Waals surface area contributed by atoms with Crippen molar-refractivity contribution in [3.05, 3.63) is 0 Å². The second kappa shape index (κ2) is 7.25. The summed E-state index contributed by atoms with van der Waals surface area (Å²) in [5, 5.41) is 0. The summed E-state index contributed by atoms with van der Waals surface area (Å²) in [7, 11) is 4.14. The van der Waals surface area contributed by atoms with Crippen LogP contribution in [-0.4, -0.2) is 61.5 Å². The summed E-state index contributed by atoms with van der Waals surface area (Å²) in [6.07, 6.45) is 1.91. The minimum absolute atomic E-state index is 0.0850. The highest BCUT2D eigenvalue weighted by Crippen LogP contribution is 2.30. The summed E-state index contributed by atoms with van der Waals surface area (Å²) >= 11 is 0. The number of amides is 1. The van der Waals surface area contributed by atoms with Crippen LogP contribution in [-0.2, 0) is 14.3 Å². The first kappa shape index (κ1) is 18.0. The Kier molecular flexibility index (Phi) is 6.20. The van der Waals surface area contributed by atoms with E-state index in [0.717, 1.165) is 12.8 Å². The second-order valence-corrected chi connectivity index (χ2v) is 7.07. The number of nitrogens with zero attached hydrogens (tertiary/aromatic N) is 2. The van der Waals surface area contributed by atoms with E-state index >= 15 is 0 Å². The lowest BCUT2D eigenvalue weighted by Gasteiger charge is -2.38. The Morgan fingerprint density at radius 3 is 2.14 bits per heavy atom. The summed E-state index contributed by atoms with van der Waals surface area (Å²) in [6, 6.07) is 0.518. The average Bonchev–Trinajstić information content (AvgIpc) is 2.37. The topological polar surface area (TPSA) is 49.9 Å². The van der Waals surface area contributed by atoms with Gasteiger partial charge in [0.05, 0.1) is 6.61 Å². The van der Waals surface area contributed by atoms with Gasteiger partial charge in [0, 0.05) is 19.1 Å². The summed E-state index contributed by atoms with van der Waals surface area (Å²) < 4.78 is 5.11. The molecule has 1 rings (SSSR count). The van der Waals surface area contributed by atoms with Gasteiger partial charge in [0.25, 0.3) is 0 Å². The number of piperidine rings is 1. The van der Waals surface area contributed by atoms with Crippen molar-refractivity contribution in [3.63, 3.8) is 0 Å². The normalized spacial score (nSPS) is 18.7. The zero-order chi connectivity index (χ0) is 16.2. The van der Waals surface area contributed by atoms with Gasteiger partial charge in [-0.15, -0.1) is 0 Å². The van der Waals surface area contributed by atoms with Gasteiger partial charge >= 0.3 is 5.97 Å². The number of carbonyl (C=O) groups excluding carboxylic acids is 2. The second-order valence-electron chi connectivity index (χ2n) is 7.07. The van der Waals surface area contributed by atoms with Gasteiger partial charge in [0.15, 0.2) is 0 Å². The number of likely N-dealkylation sites (tertiary alicyclic amines) is 1. The molecule has 0 aromatic carbocycles. The fraction of sp³-hybridized carbons (Fsp3) is 0.875. The Bertz CT molecular complexity index is 366. The lowest BCUT2D eigenvalue weighted by Crippen LogP contribution is -2.50. The average molecular weight is 298 g/mol. The van der Waals surface area contributed by atoms with Gasteiger partial charge in [-0.05, 0) is 39.3 Å². The molecule has 0 saturated carbocycles. The number of hydrogen-bond donors (Lipinski definition) is 0.